The van der Waals surface area contributed by atoms with Crippen molar-refractivity contribution >= 4 is 23.3 Å². The number of ether oxygens (including phenoxy) is 1. The molecule has 0 spiro atoms. The van der Waals surface area contributed by atoms with Gasteiger partial charge in [0.1, 0.15) is 0 Å². The molecule has 0 unspecified atom stereocenters. The van der Waals surface area contributed by atoms with Crippen molar-refractivity contribution in [1.29, 1.82) is 5.26 Å². The molecular weight excluding hydrogens is 330 g/mol. The van der Waals surface area contributed by atoms with E-state index in [4.69, 9.17) is 21.6 Å². The minimum atomic E-state index is -0.118. The lowest BCUT2D eigenvalue weighted by Crippen LogP contribution is -2.41. The second-order valence-corrected chi connectivity index (χ2v) is 5.77. The SMILES string of the molecule is N#Cc1ccc(-n2ccc(NC(=O)CN3CCOCC3)n2)c(Cl)c1. The Kier molecular flexibility index (Phi) is 5.11. The third kappa shape index (κ3) is 3.92. The maximum atomic E-state index is 12.1. The first-order chi connectivity index (χ1) is 11.7. The molecule has 2 heterocycles. The number of morpholine rings is 1. The molecule has 0 aliphatic carbocycles. The molecule has 0 saturated carbocycles. The number of amides is 1. The van der Waals surface area contributed by atoms with Crippen LogP contribution >= 0.6 is 11.6 Å². The average Bonchev–Trinajstić information content (AvgIpc) is 3.03. The van der Waals surface area contributed by atoms with E-state index in [0.717, 1.165) is 13.1 Å². The summed E-state index contributed by atoms with van der Waals surface area (Å²) in [7, 11) is 0. The molecule has 3 rings (SSSR count). The third-order valence-electron chi connectivity index (χ3n) is 3.65. The Bertz CT molecular complexity index is 777. The van der Waals surface area contributed by atoms with Gasteiger partial charge in [0.2, 0.25) is 5.91 Å². The Morgan fingerprint density at radius 3 is 2.88 bits per heavy atom. The first-order valence-corrected chi connectivity index (χ1v) is 7.89. The van der Waals surface area contributed by atoms with Crippen LogP contribution in [0.1, 0.15) is 5.56 Å². The highest BCUT2D eigenvalue weighted by molar-refractivity contribution is 6.32. The average molecular weight is 346 g/mol. The van der Waals surface area contributed by atoms with Gasteiger partial charge in [0.25, 0.3) is 0 Å². The summed E-state index contributed by atoms with van der Waals surface area (Å²) in [6.07, 6.45) is 1.71. The zero-order valence-electron chi connectivity index (χ0n) is 12.9. The van der Waals surface area contributed by atoms with Crippen molar-refractivity contribution in [3.05, 3.63) is 41.0 Å². The van der Waals surface area contributed by atoms with Crippen LogP contribution < -0.4 is 5.32 Å². The normalized spacial score (nSPS) is 15.0. The van der Waals surface area contributed by atoms with E-state index < -0.39 is 0 Å². The fourth-order valence-corrected chi connectivity index (χ4v) is 2.70. The summed E-state index contributed by atoms with van der Waals surface area (Å²) < 4.78 is 6.82. The monoisotopic (exact) mass is 345 g/mol. The summed E-state index contributed by atoms with van der Waals surface area (Å²) in [6.45, 7) is 3.12. The van der Waals surface area contributed by atoms with Gasteiger partial charge in [-0.05, 0) is 18.2 Å². The molecular formula is C16H16ClN5O2. The molecule has 1 aliphatic rings. The van der Waals surface area contributed by atoms with Gasteiger partial charge < -0.3 is 10.1 Å². The molecule has 0 atom stereocenters. The number of halogens is 1. The van der Waals surface area contributed by atoms with E-state index in [9.17, 15) is 4.79 Å². The van der Waals surface area contributed by atoms with E-state index >= 15 is 0 Å². The van der Waals surface area contributed by atoms with Crippen LogP contribution in [0.3, 0.4) is 0 Å². The molecule has 8 heteroatoms. The lowest BCUT2D eigenvalue weighted by atomic mass is 10.2. The molecule has 2 aromatic rings. The third-order valence-corrected chi connectivity index (χ3v) is 3.95. The highest BCUT2D eigenvalue weighted by Crippen LogP contribution is 2.22. The van der Waals surface area contributed by atoms with Gasteiger partial charge in [-0.25, -0.2) is 4.68 Å². The molecule has 0 bridgehead atoms. The Morgan fingerprint density at radius 2 is 2.17 bits per heavy atom. The molecule has 7 nitrogen and oxygen atoms in total. The largest absolute Gasteiger partial charge is 0.379 e. The van der Waals surface area contributed by atoms with E-state index in [1.54, 1.807) is 35.1 Å². The zero-order chi connectivity index (χ0) is 16.9. The number of rotatable bonds is 4. The maximum absolute atomic E-state index is 12.1. The Balaban J connectivity index is 1.65. The van der Waals surface area contributed by atoms with Gasteiger partial charge in [-0.1, -0.05) is 11.6 Å². The summed E-state index contributed by atoms with van der Waals surface area (Å²) in [5.74, 6) is 0.335. The van der Waals surface area contributed by atoms with Gasteiger partial charge in [-0.15, -0.1) is 0 Å². The Hall–Kier alpha value is -2.40. The van der Waals surface area contributed by atoms with Crippen LogP contribution in [0.25, 0.3) is 5.69 Å². The van der Waals surface area contributed by atoms with E-state index in [-0.39, 0.29) is 5.91 Å². The number of hydrogen-bond donors (Lipinski definition) is 1. The predicted molar refractivity (Wildman–Crippen MR) is 89.2 cm³/mol. The molecule has 1 N–H and O–H groups in total. The summed E-state index contributed by atoms with van der Waals surface area (Å²) in [6, 6.07) is 8.69. The van der Waals surface area contributed by atoms with Gasteiger partial charge in [0.15, 0.2) is 5.82 Å². The summed E-state index contributed by atoms with van der Waals surface area (Å²) in [5, 5.41) is 16.4. The molecule has 1 amide bonds. The minimum absolute atomic E-state index is 0.118. The summed E-state index contributed by atoms with van der Waals surface area (Å²) >= 11 is 6.17. The van der Waals surface area contributed by atoms with Crippen molar-refractivity contribution in [3.63, 3.8) is 0 Å². The number of hydrogen-bond acceptors (Lipinski definition) is 5. The van der Waals surface area contributed by atoms with Crippen molar-refractivity contribution in [2.45, 2.75) is 0 Å². The number of nitriles is 1. The minimum Gasteiger partial charge on any atom is -0.379 e. The second-order valence-electron chi connectivity index (χ2n) is 5.36. The first kappa shape index (κ1) is 16.5. The summed E-state index contributed by atoms with van der Waals surface area (Å²) in [5.41, 5.74) is 1.12. The molecule has 124 valence electrons. The quantitative estimate of drug-likeness (QED) is 0.911. The lowest BCUT2D eigenvalue weighted by Gasteiger charge is -2.25. The van der Waals surface area contributed by atoms with Gasteiger partial charge >= 0.3 is 0 Å². The second kappa shape index (κ2) is 7.45. The predicted octanol–water partition coefficient (Wildman–Crippen LogP) is 1.67. The van der Waals surface area contributed by atoms with Crippen LogP contribution in [0.5, 0.6) is 0 Å². The van der Waals surface area contributed by atoms with E-state index in [0.29, 0.717) is 41.8 Å². The number of nitrogens with one attached hydrogen (secondary N) is 1. The fraction of sp³-hybridized carbons (Fsp3) is 0.312. The molecule has 1 aromatic carbocycles. The highest BCUT2D eigenvalue weighted by atomic mass is 35.5. The fourth-order valence-electron chi connectivity index (χ4n) is 2.43. The molecule has 1 fully saturated rings. The first-order valence-electron chi connectivity index (χ1n) is 7.51. The molecule has 0 radical (unpaired) electrons. The number of carbonyl (C=O) groups is 1. The van der Waals surface area contributed by atoms with Gasteiger partial charge in [-0.3, -0.25) is 9.69 Å². The van der Waals surface area contributed by atoms with Crippen molar-refractivity contribution in [3.8, 4) is 11.8 Å². The topological polar surface area (TPSA) is 83.2 Å². The van der Waals surface area contributed by atoms with E-state index in [1.165, 1.54) is 0 Å². The smallest absolute Gasteiger partial charge is 0.239 e. The maximum Gasteiger partial charge on any atom is 0.239 e. The lowest BCUT2D eigenvalue weighted by molar-refractivity contribution is -0.118. The number of anilines is 1. The number of benzene rings is 1. The van der Waals surface area contributed by atoms with Crippen LogP contribution in [0.2, 0.25) is 5.02 Å². The molecule has 1 aromatic heterocycles. The molecule has 1 aliphatic heterocycles. The van der Waals surface area contributed by atoms with Crippen LogP contribution in [0.4, 0.5) is 5.82 Å². The van der Waals surface area contributed by atoms with E-state index in [1.807, 2.05) is 11.0 Å². The highest BCUT2D eigenvalue weighted by Gasteiger charge is 2.15. The Labute approximate surface area is 144 Å². The van der Waals surface area contributed by atoms with Gasteiger partial charge in [-0.2, -0.15) is 10.4 Å². The number of carbonyl (C=O) groups excluding carboxylic acids is 1. The van der Waals surface area contributed by atoms with Crippen molar-refractivity contribution < 1.29 is 9.53 Å². The van der Waals surface area contributed by atoms with Gasteiger partial charge in [0.05, 0.1) is 42.1 Å². The standard InChI is InChI=1S/C16H16ClN5O2/c17-13-9-12(10-18)1-2-14(13)22-4-3-15(20-22)19-16(23)11-21-5-7-24-8-6-21/h1-4,9H,5-8,11H2,(H,19,20,23). The molecule has 24 heavy (non-hydrogen) atoms. The zero-order valence-corrected chi connectivity index (χ0v) is 13.7. The van der Waals surface area contributed by atoms with Crippen molar-refractivity contribution in [2.75, 3.05) is 38.2 Å². The number of aromatic nitrogens is 2. The van der Waals surface area contributed by atoms with Crippen molar-refractivity contribution in [1.82, 2.24) is 14.7 Å². The Morgan fingerprint density at radius 1 is 1.38 bits per heavy atom. The molecule has 1 saturated heterocycles. The van der Waals surface area contributed by atoms with Crippen molar-refractivity contribution in [2.24, 2.45) is 0 Å². The number of nitrogens with zero attached hydrogens (tertiary/aromatic N) is 4. The summed E-state index contributed by atoms with van der Waals surface area (Å²) in [4.78, 5) is 14.1. The van der Waals surface area contributed by atoms with Crippen LogP contribution in [-0.2, 0) is 9.53 Å². The van der Waals surface area contributed by atoms with Gasteiger partial charge in [0, 0.05) is 25.4 Å². The van der Waals surface area contributed by atoms with E-state index in [2.05, 4.69) is 10.4 Å². The van der Waals surface area contributed by atoms with Crippen LogP contribution in [0, 0.1) is 11.3 Å². The van der Waals surface area contributed by atoms with Crippen LogP contribution in [0.15, 0.2) is 30.5 Å². The van der Waals surface area contributed by atoms with Crippen LogP contribution in [-0.4, -0.2) is 53.4 Å².